The SMILES string of the molecule is COc1cccc(OC)c1Oc1ccc(C(C)N)cc1Cl. The lowest BCUT2D eigenvalue weighted by Gasteiger charge is -2.15. The Morgan fingerprint density at radius 2 is 1.62 bits per heavy atom. The van der Waals surface area contributed by atoms with E-state index in [4.69, 9.17) is 31.5 Å². The standard InChI is InChI=1S/C16H18ClNO3/c1-10(18)11-7-8-13(12(17)9-11)21-16-14(19-2)5-4-6-15(16)20-3/h4-10H,18H2,1-3H3. The molecule has 0 radical (unpaired) electrons. The third-order valence-electron chi connectivity index (χ3n) is 3.08. The van der Waals surface area contributed by atoms with Gasteiger partial charge in [0.25, 0.3) is 0 Å². The predicted molar refractivity (Wildman–Crippen MR) is 83.7 cm³/mol. The Labute approximate surface area is 129 Å². The van der Waals surface area contributed by atoms with Crippen LogP contribution < -0.4 is 19.9 Å². The van der Waals surface area contributed by atoms with E-state index in [0.717, 1.165) is 5.56 Å². The molecule has 2 rings (SSSR count). The number of rotatable bonds is 5. The Morgan fingerprint density at radius 1 is 1.00 bits per heavy atom. The van der Waals surface area contributed by atoms with Crippen molar-refractivity contribution < 1.29 is 14.2 Å². The van der Waals surface area contributed by atoms with Crippen LogP contribution in [0.1, 0.15) is 18.5 Å². The van der Waals surface area contributed by atoms with Gasteiger partial charge in [-0.3, -0.25) is 0 Å². The second-order valence-electron chi connectivity index (χ2n) is 4.57. The number of hydrogen-bond donors (Lipinski definition) is 1. The minimum atomic E-state index is -0.0858. The number of nitrogens with two attached hydrogens (primary N) is 1. The van der Waals surface area contributed by atoms with Crippen molar-refractivity contribution in [1.82, 2.24) is 0 Å². The number of para-hydroxylation sites is 1. The summed E-state index contributed by atoms with van der Waals surface area (Å²) in [5, 5.41) is 0.484. The monoisotopic (exact) mass is 307 g/mol. The van der Waals surface area contributed by atoms with Crippen molar-refractivity contribution in [2.75, 3.05) is 14.2 Å². The van der Waals surface area contributed by atoms with Gasteiger partial charge in [-0.15, -0.1) is 0 Å². The fourth-order valence-electron chi connectivity index (χ4n) is 1.91. The van der Waals surface area contributed by atoms with Crippen molar-refractivity contribution >= 4 is 11.6 Å². The Balaban J connectivity index is 2.38. The second-order valence-corrected chi connectivity index (χ2v) is 4.98. The highest BCUT2D eigenvalue weighted by atomic mass is 35.5. The molecule has 112 valence electrons. The molecule has 4 nitrogen and oxygen atoms in total. The zero-order chi connectivity index (χ0) is 15.4. The molecule has 1 atom stereocenters. The number of methoxy groups -OCH3 is 2. The first-order valence-electron chi connectivity index (χ1n) is 6.50. The van der Waals surface area contributed by atoms with E-state index in [1.165, 1.54) is 0 Å². The van der Waals surface area contributed by atoms with Gasteiger partial charge in [0.15, 0.2) is 11.5 Å². The fraction of sp³-hybridized carbons (Fsp3) is 0.250. The van der Waals surface area contributed by atoms with Crippen LogP contribution in [0, 0.1) is 0 Å². The van der Waals surface area contributed by atoms with E-state index < -0.39 is 0 Å². The number of halogens is 1. The van der Waals surface area contributed by atoms with E-state index in [1.54, 1.807) is 38.5 Å². The number of ether oxygens (including phenoxy) is 3. The first-order chi connectivity index (χ1) is 10.1. The summed E-state index contributed by atoms with van der Waals surface area (Å²) in [6.45, 7) is 1.90. The lowest BCUT2D eigenvalue weighted by molar-refractivity contribution is 0.346. The van der Waals surface area contributed by atoms with Crippen molar-refractivity contribution in [1.29, 1.82) is 0 Å². The van der Waals surface area contributed by atoms with E-state index in [9.17, 15) is 0 Å². The van der Waals surface area contributed by atoms with Crippen LogP contribution in [-0.2, 0) is 0 Å². The number of benzene rings is 2. The van der Waals surface area contributed by atoms with Gasteiger partial charge in [0, 0.05) is 6.04 Å². The van der Waals surface area contributed by atoms with Crippen molar-refractivity contribution in [3.05, 3.63) is 47.0 Å². The molecule has 0 heterocycles. The minimum absolute atomic E-state index is 0.0858. The highest BCUT2D eigenvalue weighted by Crippen LogP contribution is 2.42. The summed E-state index contributed by atoms with van der Waals surface area (Å²) < 4.78 is 16.5. The van der Waals surface area contributed by atoms with Gasteiger partial charge in [-0.2, -0.15) is 0 Å². The molecule has 0 aliphatic rings. The maximum Gasteiger partial charge on any atom is 0.211 e. The van der Waals surface area contributed by atoms with Crippen molar-refractivity contribution in [2.24, 2.45) is 5.73 Å². The van der Waals surface area contributed by atoms with Gasteiger partial charge >= 0.3 is 0 Å². The van der Waals surface area contributed by atoms with Crippen molar-refractivity contribution in [3.8, 4) is 23.0 Å². The lowest BCUT2D eigenvalue weighted by Crippen LogP contribution is -2.04. The summed E-state index contributed by atoms with van der Waals surface area (Å²) in [4.78, 5) is 0. The summed E-state index contributed by atoms with van der Waals surface area (Å²) in [6.07, 6.45) is 0. The third kappa shape index (κ3) is 3.40. The average molecular weight is 308 g/mol. The van der Waals surface area contributed by atoms with Gasteiger partial charge in [0.2, 0.25) is 5.75 Å². The van der Waals surface area contributed by atoms with Crippen LogP contribution in [0.25, 0.3) is 0 Å². The van der Waals surface area contributed by atoms with E-state index in [0.29, 0.717) is 28.0 Å². The van der Waals surface area contributed by atoms with E-state index in [2.05, 4.69) is 0 Å². The normalized spacial score (nSPS) is 11.9. The minimum Gasteiger partial charge on any atom is -0.493 e. The van der Waals surface area contributed by atoms with Gasteiger partial charge in [-0.25, -0.2) is 0 Å². The predicted octanol–water partition coefficient (Wildman–Crippen LogP) is 4.17. The van der Waals surface area contributed by atoms with Gasteiger partial charge in [-0.1, -0.05) is 23.7 Å². The van der Waals surface area contributed by atoms with E-state index >= 15 is 0 Å². The topological polar surface area (TPSA) is 53.7 Å². The van der Waals surface area contributed by atoms with Gasteiger partial charge in [0.05, 0.1) is 19.2 Å². The molecular weight excluding hydrogens is 290 g/mol. The molecule has 0 bridgehead atoms. The Morgan fingerprint density at radius 3 is 2.10 bits per heavy atom. The van der Waals surface area contributed by atoms with E-state index in [-0.39, 0.29) is 6.04 Å². The summed E-state index contributed by atoms with van der Waals surface area (Å²) in [7, 11) is 3.14. The highest BCUT2D eigenvalue weighted by molar-refractivity contribution is 6.32. The molecular formula is C16H18ClNO3. The highest BCUT2D eigenvalue weighted by Gasteiger charge is 2.14. The quantitative estimate of drug-likeness (QED) is 0.900. The van der Waals surface area contributed by atoms with Crippen molar-refractivity contribution in [3.63, 3.8) is 0 Å². The Kier molecular flexibility index (Phi) is 4.94. The van der Waals surface area contributed by atoms with Crippen LogP contribution in [-0.4, -0.2) is 14.2 Å². The molecule has 1 unspecified atom stereocenters. The molecule has 21 heavy (non-hydrogen) atoms. The molecule has 2 aromatic rings. The second kappa shape index (κ2) is 6.70. The van der Waals surface area contributed by atoms with Crippen LogP contribution >= 0.6 is 11.6 Å². The molecule has 0 aliphatic carbocycles. The Hall–Kier alpha value is -1.91. The first-order valence-corrected chi connectivity index (χ1v) is 6.88. The first kappa shape index (κ1) is 15.5. The zero-order valence-electron chi connectivity index (χ0n) is 12.2. The molecule has 0 saturated heterocycles. The number of hydrogen-bond acceptors (Lipinski definition) is 4. The molecule has 5 heteroatoms. The smallest absolute Gasteiger partial charge is 0.211 e. The maximum atomic E-state index is 6.25. The molecule has 0 amide bonds. The molecule has 0 spiro atoms. The third-order valence-corrected chi connectivity index (χ3v) is 3.37. The van der Waals surface area contributed by atoms with Crippen LogP contribution in [0.4, 0.5) is 0 Å². The maximum absolute atomic E-state index is 6.25. The molecule has 0 aliphatic heterocycles. The molecule has 2 N–H and O–H groups in total. The van der Waals surface area contributed by atoms with Crippen LogP contribution in [0.2, 0.25) is 5.02 Å². The Bertz CT molecular complexity index is 607. The van der Waals surface area contributed by atoms with Crippen LogP contribution in [0.3, 0.4) is 0 Å². The summed E-state index contributed by atoms with van der Waals surface area (Å²) in [5.74, 6) is 2.14. The van der Waals surface area contributed by atoms with Crippen LogP contribution in [0.5, 0.6) is 23.0 Å². The van der Waals surface area contributed by atoms with Crippen molar-refractivity contribution in [2.45, 2.75) is 13.0 Å². The summed E-state index contributed by atoms with van der Waals surface area (Å²) in [5.41, 5.74) is 6.78. The molecule has 0 fully saturated rings. The zero-order valence-corrected chi connectivity index (χ0v) is 13.0. The van der Waals surface area contributed by atoms with Gasteiger partial charge in [-0.05, 0) is 36.8 Å². The molecule has 2 aromatic carbocycles. The average Bonchev–Trinajstić information content (AvgIpc) is 2.49. The fourth-order valence-corrected chi connectivity index (χ4v) is 2.14. The lowest BCUT2D eigenvalue weighted by atomic mass is 10.1. The van der Waals surface area contributed by atoms with Gasteiger partial charge in [0.1, 0.15) is 5.75 Å². The summed E-state index contributed by atoms with van der Waals surface area (Å²) in [6, 6.07) is 10.8. The van der Waals surface area contributed by atoms with Crippen LogP contribution in [0.15, 0.2) is 36.4 Å². The molecule has 0 saturated carbocycles. The van der Waals surface area contributed by atoms with Gasteiger partial charge < -0.3 is 19.9 Å². The largest absolute Gasteiger partial charge is 0.493 e. The summed E-state index contributed by atoms with van der Waals surface area (Å²) >= 11 is 6.25. The molecule has 0 aromatic heterocycles. The van der Waals surface area contributed by atoms with E-state index in [1.807, 2.05) is 19.1 Å².